The van der Waals surface area contributed by atoms with Gasteiger partial charge in [-0.15, -0.1) is 22.7 Å². The summed E-state index contributed by atoms with van der Waals surface area (Å²) < 4.78 is 15.1. The number of para-hydroxylation sites is 1. The number of hydrogen-bond donors (Lipinski definition) is 1. The Balaban J connectivity index is 1.15. The molecule has 0 bridgehead atoms. The lowest BCUT2D eigenvalue weighted by atomic mass is 9.58. The van der Waals surface area contributed by atoms with E-state index < -0.39 is 0 Å². The Hall–Kier alpha value is -7.12. The van der Waals surface area contributed by atoms with E-state index in [0.717, 1.165) is 46.3 Å². The second-order valence-corrected chi connectivity index (χ2v) is 20.7. The number of nitrogens with zero attached hydrogens (tertiary/aromatic N) is 1. The fourth-order valence-corrected chi connectivity index (χ4v) is 13.0. The van der Waals surface area contributed by atoms with E-state index in [1.165, 1.54) is 101 Å². The van der Waals surface area contributed by atoms with Crippen LogP contribution in [0.2, 0.25) is 0 Å². The number of rotatable bonds is 4. The Morgan fingerprint density at radius 2 is 1.23 bits per heavy atom. The Bertz CT molecular complexity index is 4120. The number of nitrogens with one attached hydrogen (secondary N) is 1. The average Bonchev–Trinajstić information content (AvgIpc) is 4.07. The summed E-state index contributed by atoms with van der Waals surface area (Å²) in [5.74, 6) is 0. The van der Waals surface area contributed by atoms with Gasteiger partial charge in [0.25, 0.3) is 0 Å². The molecule has 0 amide bonds. The molecular weight excluding hydrogens is 816 g/mol. The van der Waals surface area contributed by atoms with Crippen LogP contribution in [0.1, 0.15) is 26.3 Å². The molecule has 1 aliphatic heterocycles. The molecule has 9 aromatic carbocycles. The van der Waals surface area contributed by atoms with Gasteiger partial charge in [-0.1, -0.05) is 135 Å². The standard InChI is InChI=1S/C58H39BN2OS2/c1-58(2,3)34-24-25-45-42(27-34)52-53-38-20-7-10-21-47(38)62-57(53)54(55-56(52)61(45)46-31-51-40(29-43(46)59-55)37-19-9-12-23-49(37)64-51)41-28-39-36-18-8-11-22-48(36)63-50(39)30-44(41)60-35-17-13-16-33(26-35)32-14-5-4-6-15-32/h4-31,59-60H,1-3H3. The van der Waals surface area contributed by atoms with Gasteiger partial charge in [0.1, 0.15) is 11.2 Å². The molecule has 0 radical (unpaired) electrons. The fourth-order valence-electron chi connectivity index (χ4n) is 10.7. The van der Waals surface area contributed by atoms with Gasteiger partial charge < -0.3 is 14.3 Å². The molecule has 0 aliphatic carbocycles. The van der Waals surface area contributed by atoms with Crippen molar-refractivity contribution in [2.24, 2.45) is 0 Å². The smallest absolute Gasteiger partial charge is 0.198 e. The van der Waals surface area contributed by atoms with E-state index in [2.05, 4.69) is 201 Å². The third kappa shape index (κ3) is 5.21. The van der Waals surface area contributed by atoms with Gasteiger partial charge in [-0.25, -0.2) is 0 Å². The van der Waals surface area contributed by atoms with Crippen molar-refractivity contribution in [3.05, 3.63) is 175 Å². The summed E-state index contributed by atoms with van der Waals surface area (Å²) in [6, 6.07) is 62.8. The van der Waals surface area contributed by atoms with Crippen molar-refractivity contribution in [2.45, 2.75) is 26.2 Å². The van der Waals surface area contributed by atoms with Crippen molar-refractivity contribution in [1.29, 1.82) is 0 Å². The normalized spacial score (nSPS) is 12.7. The molecular formula is C58H39BN2OS2. The molecule has 3 nitrogen and oxygen atoms in total. The molecule has 6 heteroatoms. The molecule has 5 heterocycles. The summed E-state index contributed by atoms with van der Waals surface area (Å²) in [7, 11) is 0.766. The van der Waals surface area contributed by atoms with Crippen LogP contribution in [-0.4, -0.2) is 11.8 Å². The minimum absolute atomic E-state index is 0.0264. The zero-order valence-corrected chi connectivity index (χ0v) is 37.2. The molecule has 0 unspecified atom stereocenters. The van der Waals surface area contributed by atoms with Crippen LogP contribution in [0.4, 0.5) is 11.4 Å². The molecule has 13 aromatic rings. The average molecular weight is 855 g/mol. The number of thiophene rings is 2. The van der Waals surface area contributed by atoms with E-state index in [1.807, 2.05) is 22.7 Å². The topological polar surface area (TPSA) is 30.1 Å². The predicted molar refractivity (Wildman–Crippen MR) is 280 cm³/mol. The number of aromatic nitrogens is 1. The lowest BCUT2D eigenvalue weighted by Gasteiger charge is -2.24. The van der Waals surface area contributed by atoms with Crippen molar-refractivity contribution < 1.29 is 4.42 Å². The van der Waals surface area contributed by atoms with Crippen LogP contribution in [0.15, 0.2) is 174 Å². The fraction of sp³-hybridized carbons (Fsp3) is 0.0690. The van der Waals surface area contributed by atoms with Gasteiger partial charge in [-0.05, 0) is 93.6 Å². The summed E-state index contributed by atoms with van der Waals surface area (Å²) in [6.07, 6.45) is 0. The highest BCUT2D eigenvalue weighted by Crippen LogP contribution is 2.49. The SMILES string of the molecule is CC(C)(C)c1ccc2c(c1)c1c3c(oc4ccccc43)c(-c3cc4c(cc3Nc3cccc(-c5ccccc5)c3)sc3ccccc34)c3c1n2-c1cc2sc4ccccc4c2cc1B3. The molecule has 1 aliphatic rings. The first-order valence-electron chi connectivity index (χ1n) is 22.1. The van der Waals surface area contributed by atoms with Crippen molar-refractivity contribution in [2.75, 3.05) is 5.32 Å². The third-order valence-corrected chi connectivity index (χ3v) is 16.0. The lowest BCUT2D eigenvalue weighted by molar-refractivity contribution is 0.591. The van der Waals surface area contributed by atoms with Crippen molar-refractivity contribution in [3.8, 4) is 27.9 Å². The van der Waals surface area contributed by atoms with Crippen LogP contribution >= 0.6 is 22.7 Å². The number of furan rings is 1. The van der Waals surface area contributed by atoms with E-state index >= 15 is 0 Å². The first-order chi connectivity index (χ1) is 31.3. The van der Waals surface area contributed by atoms with Crippen LogP contribution in [-0.2, 0) is 5.41 Å². The van der Waals surface area contributed by atoms with E-state index in [1.54, 1.807) is 0 Å². The number of anilines is 2. The summed E-state index contributed by atoms with van der Waals surface area (Å²) in [5, 5.41) is 14.1. The second-order valence-electron chi connectivity index (χ2n) is 18.5. The Morgan fingerprint density at radius 1 is 0.547 bits per heavy atom. The monoisotopic (exact) mass is 854 g/mol. The quantitative estimate of drug-likeness (QED) is 0.179. The van der Waals surface area contributed by atoms with E-state index in [4.69, 9.17) is 4.42 Å². The maximum Gasteiger partial charge on any atom is 0.198 e. The highest BCUT2D eigenvalue weighted by molar-refractivity contribution is 7.26. The molecule has 4 aromatic heterocycles. The van der Waals surface area contributed by atoms with Gasteiger partial charge in [0.15, 0.2) is 7.28 Å². The molecule has 64 heavy (non-hydrogen) atoms. The molecule has 1 N–H and O–H groups in total. The summed E-state index contributed by atoms with van der Waals surface area (Å²) in [4.78, 5) is 0. The minimum Gasteiger partial charge on any atom is -0.455 e. The van der Waals surface area contributed by atoms with Crippen molar-refractivity contribution in [3.63, 3.8) is 0 Å². The first-order valence-corrected chi connectivity index (χ1v) is 23.7. The third-order valence-electron chi connectivity index (χ3n) is 13.7. The molecule has 0 spiro atoms. The molecule has 14 rings (SSSR count). The Kier molecular flexibility index (Phi) is 7.51. The number of hydrogen-bond acceptors (Lipinski definition) is 4. The highest BCUT2D eigenvalue weighted by atomic mass is 32.1. The van der Waals surface area contributed by atoms with Gasteiger partial charge in [0, 0.05) is 84.7 Å². The highest BCUT2D eigenvalue weighted by Gasteiger charge is 2.33. The summed E-state index contributed by atoms with van der Waals surface area (Å²) >= 11 is 3.75. The number of benzene rings is 9. The minimum atomic E-state index is -0.0264. The summed E-state index contributed by atoms with van der Waals surface area (Å²) in [6.45, 7) is 6.96. The lowest BCUT2D eigenvalue weighted by Crippen LogP contribution is -2.37. The maximum atomic E-state index is 7.30. The van der Waals surface area contributed by atoms with Crippen LogP contribution in [0.3, 0.4) is 0 Å². The van der Waals surface area contributed by atoms with Crippen LogP contribution in [0.25, 0.3) is 112 Å². The maximum absolute atomic E-state index is 7.30. The van der Waals surface area contributed by atoms with Gasteiger partial charge in [0.05, 0.1) is 11.0 Å². The van der Waals surface area contributed by atoms with E-state index in [-0.39, 0.29) is 5.41 Å². The van der Waals surface area contributed by atoms with Gasteiger partial charge in [-0.2, -0.15) is 0 Å². The molecule has 0 saturated carbocycles. The summed E-state index contributed by atoms with van der Waals surface area (Å²) in [5.41, 5.74) is 16.3. The first kappa shape index (κ1) is 36.4. The van der Waals surface area contributed by atoms with Crippen LogP contribution in [0.5, 0.6) is 0 Å². The van der Waals surface area contributed by atoms with E-state index in [0.29, 0.717) is 0 Å². The second kappa shape index (κ2) is 13.2. The van der Waals surface area contributed by atoms with Crippen LogP contribution in [0, 0.1) is 0 Å². The number of fused-ring (bicyclic) bond motifs is 15. The van der Waals surface area contributed by atoms with Crippen molar-refractivity contribution >= 4 is 136 Å². The van der Waals surface area contributed by atoms with Gasteiger partial charge in [-0.3, -0.25) is 0 Å². The van der Waals surface area contributed by atoms with Gasteiger partial charge in [0.2, 0.25) is 0 Å². The van der Waals surface area contributed by atoms with E-state index in [9.17, 15) is 0 Å². The molecule has 0 fully saturated rings. The Labute approximate surface area is 378 Å². The molecule has 0 atom stereocenters. The Morgan fingerprint density at radius 3 is 2.02 bits per heavy atom. The zero-order valence-electron chi connectivity index (χ0n) is 35.5. The zero-order chi connectivity index (χ0) is 42.4. The molecule has 302 valence electrons. The predicted octanol–water partition coefficient (Wildman–Crippen LogP) is 15.5. The molecule has 0 saturated heterocycles. The largest absolute Gasteiger partial charge is 0.455 e. The van der Waals surface area contributed by atoms with Gasteiger partial charge >= 0.3 is 0 Å². The van der Waals surface area contributed by atoms with Crippen molar-refractivity contribution in [1.82, 2.24) is 4.57 Å². The van der Waals surface area contributed by atoms with Crippen LogP contribution < -0.4 is 16.2 Å².